The molecule has 0 saturated heterocycles. The van der Waals surface area contributed by atoms with Crippen LogP contribution in [-0.4, -0.2) is 22.0 Å². The van der Waals surface area contributed by atoms with Crippen molar-refractivity contribution in [2.24, 2.45) is 7.05 Å². The minimum atomic E-state index is 0.00564. The summed E-state index contributed by atoms with van der Waals surface area (Å²) in [5.74, 6) is 0.976. The Bertz CT molecular complexity index is 824. The molecule has 1 aromatic heterocycles. The van der Waals surface area contributed by atoms with Gasteiger partial charge in [-0.05, 0) is 29.8 Å². The van der Waals surface area contributed by atoms with Gasteiger partial charge in [0.2, 0.25) is 5.91 Å². The monoisotopic (exact) mass is 327 g/mol. The Kier molecular flexibility index (Phi) is 4.63. The number of halogens is 1. The Balaban J connectivity index is 1.55. The maximum atomic E-state index is 12.0. The van der Waals surface area contributed by atoms with E-state index in [2.05, 4.69) is 14.9 Å². The maximum Gasteiger partial charge on any atom is 0.224 e. The molecule has 3 rings (SSSR count). The lowest BCUT2D eigenvalue weighted by molar-refractivity contribution is -0.120. The van der Waals surface area contributed by atoms with E-state index in [1.807, 2.05) is 43.4 Å². The Morgan fingerprint density at radius 2 is 1.91 bits per heavy atom. The highest BCUT2D eigenvalue weighted by Gasteiger charge is 2.08. The molecule has 5 heteroatoms. The Morgan fingerprint density at radius 3 is 2.65 bits per heavy atom. The number of para-hydroxylation sites is 2. The van der Waals surface area contributed by atoms with Gasteiger partial charge in [0.1, 0.15) is 5.82 Å². The van der Waals surface area contributed by atoms with Crippen LogP contribution in [0.5, 0.6) is 0 Å². The molecule has 2 aromatic carbocycles. The van der Waals surface area contributed by atoms with Crippen molar-refractivity contribution in [1.29, 1.82) is 0 Å². The molecule has 3 aromatic rings. The van der Waals surface area contributed by atoms with E-state index in [1.54, 1.807) is 12.1 Å². The van der Waals surface area contributed by atoms with Crippen molar-refractivity contribution < 1.29 is 4.79 Å². The number of hydrogen-bond acceptors (Lipinski definition) is 2. The number of carbonyl (C=O) groups excluding carboxylic acids is 1. The van der Waals surface area contributed by atoms with Crippen LogP contribution in [0, 0.1) is 0 Å². The zero-order chi connectivity index (χ0) is 16.2. The van der Waals surface area contributed by atoms with Crippen LogP contribution < -0.4 is 5.32 Å². The van der Waals surface area contributed by atoms with Gasteiger partial charge in [-0.25, -0.2) is 4.98 Å². The molecular weight excluding hydrogens is 310 g/mol. The molecule has 1 N–H and O–H groups in total. The summed E-state index contributed by atoms with van der Waals surface area (Å²) < 4.78 is 2.07. The first kappa shape index (κ1) is 15.6. The largest absolute Gasteiger partial charge is 0.355 e. The molecule has 0 fully saturated rings. The Labute approximate surface area is 140 Å². The Morgan fingerprint density at radius 1 is 1.17 bits per heavy atom. The minimum Gasteiger partial charge on any atom is -0.355 e. The lowest BCUT2D eigenvalue weighted by Crippen LogP contribution is -2.27. The van der Waals surface area contributed by atoms with Crippen molar-refractivity contribution in [3.8, 4) is 0 Å². The van der Waals surface area contributed by atoms with Crippen molar-refractivity contribution in [2.75, 3.05) is 6.54 Å². The molecular formula is C18H18ClN3O. The van der Waals surface area contributed by atoms with E-state index >= 15 is 0 Å². The van der Waals surface area contributed by atoms with E-state index < -0.39 is 0 Å². The molecule has 0 saturated carbocycles. The molecule has 0 radical (unpaired) electrons. The van der Waals surface area contributed by atoms with Crippen LogP contribution in [-0.2, 0) is 24.7 Å². The average Bonchev–Trinajstić information content (AvgIpc) is 2.86. The number of rotatable bonds is 5. The third kappa shape index (κ3) is 3.71. The average molecular weight is 328 g/mol. The van der Waals surface area contributed by atoms with Crippen LogP contribution >= 0.6 is 11.6 Å². The van der Waals surface area contributed by atoms with E-state index in [9.17, 15) is 4.79 Å². The third-order valence-electron chi connectivity index (χ3n) is 3.83. The summed E-state index contributed by atoms with van der Waals surface area (Å²) in [6.45, 7) is 0.573. The van der Waals surface area contributed by atoms with Crippen LogP contribution in [0.3, 0.4) is 0 Å². The molecule has 118 valence electrons. The molecule has 0 aliphatic heterocycles. The first-order valence-corrected chi connectivity index (χ1v) is 7.93. The van der Waals surface area contributed by atoms with Crippen molar-refractivity contribution in [3.63, 3.8) is 0 Å². The molecule has 0 unspecified atom stereocenters. The quantitative estimate of drug-likeness (QED) is 0.782. The zero-order valence-electron chi connectivity index (χ0n) is 12.9. The van der Waals surface area contributed by atoms with Crippen LogP contribution in [0.25, 0.3) is 11.0 Å². The van der Waals surface area contributed by atoms with Gasteiger partial charge < -0.3 is 9.88 Å². The van der Waals surface area contributed by atoms with E-state index in [-0.39, 0.29) is 5.91 Å². The number of hydrogen-bond donors (Lipinski definition) is 1. The number of nitrogens with zero attached hydrogens (tertiary/aromatic N) is 2. The normalized spacial score (nSPS) is 10.9. The fourth-order valence-electron chi connectivity index (χ4n) is 2.58. The minimum absolute atomic E-state index is 0.00564. The van der Waals surface area contributed by atoms with Crippen LogP contribution in [0.4, 0.5) is 0 Å². The van der Waals surface area contributed by atoms with Crippen molar-refractivity contribution in [1.82, 2.24) is 14.9 Å². The SMILES string of the molecule is Cn1c(CCNC(=O)Cc2ccc(Cl)cc2)nc2ccccc21. The number of carbonyl (C=O) groups is 1. The maximum absolute atomic E-state index is 12.0. The summed E-state index contributed by atoms with van der Waals surface area (Å²) >= 11 is 5.84. The second-order valence-corrected chi connectivity index (χ2v) is 5.92. The van der Waals surface area contributed by atoms with Crippen LogP contribution in [0.1, 0.15) is 11.4 Å². The summed E-state index contributed by atoms with van der Waals surface area (Å²) in [7, 11) is 2.00. The number of imidazole rings is 1. The third-order valence-corrected chi connectivity index (χ3v) is 4.08. The highest BCUT2D eigenvalue weighted by Crippen LogP contribution is 2.14. The molecule has 0 aliphatic rings. The van der Waals surface area contributed by atoms with Gasteiger partial charge in [-0.1, -0.05) is 35.9 Å². The second-order valence-electron chi connectivity index (χ2n) is 5.48. The van der Waals surface area contributed by atoms with E-state index in [4.69, 9.17) is 11.6 Å². The number of nitrogens with one attached hydrogen (secondary N) is 1. The van der Waals surface area contributed by atoms with Crippen molar-refractivity contribution in [3.05, 3.63) is 64.9 Å². The molecule has 23 heavy (non-hydrogen) atoms. The summed E-state index contributed by atoms with van der Waals surface area (Å²) in [6, 6.07) is 15.4. The van der Waals surface area contributed by atoms with E-state index in [1.165, 1.54) is 0 Å². The van der Waals surface area contributed by atoms with Gasteiger partial charge >= 0.3 is 0 Å². The topological polar surface area (TPSA) is 46.9 Å². The van der Waals surface area contributed by atoms with Gasteiger partial charge in [0.25, 0.3) is 0 Å². The van der Waals surface area contributed by atoms with Crippen LogP contribution in [0.2, 0.25) is 5.02 Å². The molecule has 0 bridgehead atoms. The molecule has 1 amide bonds. The molecule has 0 spiro atoms. The van der Waals surface area contributed by atoms with Gasteiger partial charge in [0, 0.05) is 25.0 Å². The first-order chi connectivity index (χ1) is 11.1. The number of aromatic nitrogens is 2. The Hall–Kier alpha value is -2.33. The molecule has 0 aliphatic carbocycles. The fraction of sp³-hybridized carbons (Fsp3) is 0.222. The van der Waals surface area contributed by atoms with Gasteiger partial charge in [-0.15, -0.1) is 0 Å². The van der Waals surface area contributed by atoms with Gasteiger partial charge in [0.05, 0.1) is 17.5 Å². The summed E-state index contributed by atoms with van der Waals surface area (Å²) in [5.41, 5.74) is 3.04. The second kappa shape index (κ2) is 6.84. The predicted molar refractivity (Wildman–Crippen MR) is 92.6 cm³/mol. The number of benzene rings is 2. The zero-order valence-corrected chi connectivity index (χ0v) is 13.7. The highest BCUT2D eigenvalue weighted by molar-refractivity contribution is 6.30. The van der Waals surface area contributed by atoms with Gasteiger partial charge in [-0.2, -0.15) is 0 Å². The molecule has 4 nitrogen and oxygen atoms in total. The molecule has 1 heterocycles. The first-order valence-electron chi connectivity index (χ1n) is 7.55. The van der Waals surface area contributed by atoms with Crippen LogP contribution in [0.15, 0.2) is 48.5 Å². The van der Waals surface area contributed by atoms with Crippen molar-refractivity contribution >= 4 is 28.5 Å². The summed E-state index contributed by atoms with van der Waals surface area (Å²) in [6.07, 6.45) is 1.07. The standard InChI is InChI=1S/C18H18ClN3O/c1-22-16-5-3-2-4-15(16)21-17(22)10-11-20-18(23)12-13-6-8-14(19)9-7-13/h2-9H,10-12H2,1H3,(H,20,23). The predicted octanol–water partition coefficient (Wildman–Crippen LogP) is 3.13. The van der Waals surface area contributed by atoms with Crippen molar-refractivity contribution in [2.45, 2.75) is 12.8 Å². The fourth-order valence-corrected chi connectivity index (χ4v) is 2.71. The van der Waals surface area contributed by atoms with E-state index in [0.29, 0.717) is 24.4 Å². The van der Waals surface area contributed by atoms with Gasteiger partial charge in [-0.3, -0.25) is 4.79 Å². The summed E-state index contributed by atoms with van der Waals surface area (Å²) in [4.78, 5) is 16.6. The highest BCUT2D eigenvalue weighted by atomic mass is 35.5. The molecule has 0 atom stereocenters. The number of fused-ring (bicyclic) bond motifs is 1. The smallest absolute Gasteiger partial charge is 0.224 e. The van der Waals surface area contributed by atoms with E-state index in [0.717, 1.165) is 22.4 Å². The lowest BCUT2D eigenvalue weighted by atomic mass is 10.1. The lowest BCUT2D eigenvalue weighted by Gasteiger charge is -2.06. The number of aryl methyl sites for hydroxylation is 1. The number of amides is 1. The summed E-state index contributed by atoms with van der Waals surface area (Å²) in [5, 5.41) is 3.62. The van der Waals surface area contributed by atoms with Gasteiger partial charge in [0.15, 0.2) is 0 Å².